The van der Waals surface area contributed by atoms with Crippen molar-refractivity contribution in [3.8, 4) is 0 Å². The van der Waals surface area contributed by atoms with Gasteiger partial charge in [-0.25, -0.2) is 0 Å². The second kappa shape index (κ2) is 4.12. The molecule has 1 saturated heterocycles. The second-order valence-corrected chi connectivity index (χ2v) is 5.23. The molecule has 0 radical (unpaired) electrons. The Morgan fingerprint density at radius 1 is 1.13 bits per heavy atom. The molecule has 0 spiro atoms. The number of carbonyl (C=O) groups excluding carboxylic acids is 1. The molecule has 15 heavy (non-hydrogen) atoms. The van der Waals surface area contributed by atoms with Crippen molar-refractivity contribution >= 4 is 5.91 Å². The van der Waals surface area contributed by atoms with Crippen LogP contribution in [0.1, 0.15) is 33.1 Å². The highest BCUT2D eigenvalue weighted by Gasteiger charge is 2.34. The summed E-state index contributed by atoms with van der Waals surface area (Å²) in [5.74, 6) is 0.765. The highest BCUT2D eigenvalue weighted by Crippen LogP contribution is 2.29. The summed E-state index contributed by atoms with van der Waals surface area (Å²) in [5, 5.41) is 0. The Balaban J connectivity index is 1.95. The van der Waals surface area contributed by atoms with Crippen LogP contribution in [0.3, 0.4) is 0 Å². The molecule has 86 valence electrons. The lowest BCUT2D eigenvalue weighted by Gasteiger charge is -2.44. The Hall–Kier alpha value is -0.570. The number of likely N-dealkylation sites (N-methyl/N-ethyl adjacent to an activating group) is 1. The molecule has 1 aliphatic heterocycles. The largest absolute Gasteiger partial charge is 0.339 e. The average molecular weight is 210 g/mol. The monoisotopic (exact) mass is 210 g/mol. The SMILES string of the molecule is CC1CN(C(=O)C2CCC2)CC(C)N1C. The van der Waals surface area contributed by atoms with Gasteiger partial charge in [-0.15, -0.1) is 0 Å². The smallest absolute Gasteiger partial charge is 0.225 e. The Morgan fingerprint density at radius 2 is 1.67 bits per heavy atom. The van der Waals surface area contributed by atoms with E-state index in [0.717, 1.165) is 25.9 Å². The third-order valence-electron chi connectivity index (χ3n) is 4.13. The van der Waals surface area contributed by atoms with Crippen LogP contribution in [0.15, 0.2) is 0 Å². The van der Waals surface area contributed by atoms with Gasteiger partial charge in [0.25, 0.3) is 0 Å². The van der Waals surface area contributed by atoms with Crippen molar-refractivity contribution in [2.75, 3.05) is 20.1 Å². The normalized spacial score (nSPS) is 33.9. The van der Waals surface area contributed by atoms with E-state index in [-0.39, 0.29) is 0 Å². The van der Waals surface area contributed by atoms with Crippen LogP contribution in [-0.2, 0) is 4.79 Å². The average Bonchev–Trinajstić information content (AvgIpc) is 2.10. The zero-order valence-electron chi connectivity index (χ0n) is 10.1. The predicted octanol–water partition coefficient (Wildman–Crippen LogP) is 1.34. The van der Waals surface area contributed by atoms with Gasteiger partial charge in [0.05, 0.1) is 0 Å². The molecular weight excluding hydrogens is 188 g/mol. The van der Waals surface area contributed by atoms with Crippen LogP contribution in [0.25, 0.3) is 0 Å². The van der Waals surface area contributed by atoms with Crippen molar-refractivity contribution in [3.63, 3.8) is 0 Å². The van der Waals surface area contributed by atoms with Crippen molar-refractivity contribution in [2.45, 2.75) is 45.2 Å². The quantitative estimate of drug-likeness (QED) is 0.652. The maximum atomic E-state index is 12.1. The zero-order chi connectivity index (χ0) is 11.0. The summed E-state index contributed by atoms with van der Waals surface area (Å²) in [6, 6.07) is 0.996. The van der Waals surface area contributed by atoms with Gasteiger partial charge < -0.3 is 4.90 Å². The lowest BCUT2D eigenvalue weighted by molar-refractivity contribution is -0.142. The number of carbonyl (C=O) groups is 1. The van der Waals surface area contributed by atoms with Gasteiger partial charge in [0.15, 0.2) is 0 Å². The zero-order valence-corrected chi connectivity index (χ0v) is 10.1. The molecular formula is C12H22N2O. The number of hydrogen-bond donors (Lipinski definition) is 0. The van der Waals surface area contributed by atoms with Gasteiger partial charge in [-0.05, 0) is 33.7 Å². The van der Waals surface area contributed by atoms with Gasteiger partial charge >= 0.3 is 0 Å². The molecule has 3 heteroatoms. The van der Waals surface area contributed by atoms with Gasteiger partial charge in [-0.2, -0.15) is 0 Å². The number of amides is 1. The first-order valence-corrected chi connectivity index (χ1v) is 6.10. The molecule has 1 saturated carbocycles. The first-order chi connectivity index (χ1) is 7.09. The molecule has 3 nitrogen and oxygen atoms in total. The fourth-order valence-corrected chi connectivity index (χ4v) is 2.50. The molecule has 1 aliphatic carbocycles. The fourth-order valence-electron chi connectivity index (χ4n) is 2.50. The molecule has 0 N–H and O–H groups in total. The van der Waals surface area contributed by atoms with Crippen LogP contribution in [0.5, 0.6) is 0 Å². The maximum absolute atomic E-state index is 12.1. The van der Waals surface area contributed by atoms with E-state index in [2.05, 4.69) is 30.7 Å². The summed E-state index contributed by atoms with van der Waals surface area (Å²) in [6.45, 7) is 6.24. The van der Waals surface area contributed by atoms with Gasteiger partial charge in [-0.1, -0.05) is 6.42 Å². The summed E-state index contributed by atoms with van der Waals surface area (Å²) in [7, 11) is 2.15. The summed E-state index contributed by atoms with van der Waals surface area (Å²) >= 11 is 0. The minimum Gasteiger partial charge on any atom is -0.339 e. The van der Waals surface area contributed by atoms with Gasteiger partial charge in [-0.3, -0.25) is 9.69 Å². The third-order valence-corrected chi connectivity index (χ3v) is 4.13. The minimum absolute atomic E-state index is 0.354. The van der Waals surface area contributed by atoms with Crippen molar-refractivity contribution < 1.29 is 4.79 Å². The molecule has 2 atom stereocenters. The van der Waals surface area contributed by atoms with Crippen LogP contribution in [0.2, 0.25) is 0 Å². The summed E-state index contributed by atoms with van der Waals surface area (Å²) < 4.78 is 0. The molecule has 0 aromatic heterocycles. The predicted molar refractivity (Wildman–Crippen MR) is 60.6 cm³/mol. The number of rotatable bonds is 1. The molecule has 2 unspecified atom stereocenters. The minimum atomic E-state index is 0.354. The molecule has 0 aromatic carbocycles. The lowest BCUT2D eigenvalue weighted by atomic mass is 9.84. The summed E-state index contributed by atoms with van der Waals surface area (Å²) in [4.78, 5) is 16.5. The van der Waals surface area contributed by atoms with Crippen molar-refractivity contribution in [3.05, 3.63) is 0 Å². The molecule has 1 heterocycles. The highest BCUT2D eigenvalue weighted by atomic mass is 16.2. The van der Waals surface area contributed by atoms with E-state index >= 15 is 0 Å². The topological polar surface area (TPSA) is 23.6 Å². The number of hydrogen-bond acceptors (Lipinski definition) is 2. The van der Waals surface area contributed by atoms with Gasteiger partial charge in [0.2, 0.25) is 5.91 Å². The third kappa shape index (κ3) is 2.03. The molecule has 0 bridgehead atoms. The van der Waals surface area contributed by atoms with Crippen LogP contribution >= 0.6 is 0 Å². The van der Waals surface area contributed by atoms with Crippen molar-refractivity contribution in [1.82, 2.24) is 9.80 Å². The first kappa shape index (κ1) is 10.9. The Bertz CT molecular complexity index is 238. The van der Waals surface area contributed by atoms with Crippen molar-refractivity contribution in [1.29, 1.82) is 0 Å². The van der Waals surface area contributed by atoms with E-state index in [1.807, 2.05) is 0 Å². The number of nitrogens with zero attached hydrogens (tertiary/aromatic N) is 2. The first-order valence-electron chi connectivity index (χ1n) is 6.10. The molecule has 0 aromatic rings. The standard InChI is InChI=1S/C12H22N2O/c1-9-7-14(8-10(2)13(9)3)12(15)11-5-4-6-11/h9-11H,4-8H2,1-3H3. The van der Waals surface area contributed by atoms with Crippen LogP contribution in [-0.4, -0.2) is 47.9 Å². The Labute approximate surface area is 92.4 Å². The Kier molecular flexibility index (Phi) is 3.01. The second-order valence-electron chi connectivity index (χ2n) is 5.23. The lowest BCUT2D eigenvalue weighted by Crippen LogP contribution is -2.57. The molecule has 1 amide bonds. The van der Waals surface area contributed by atoms with E-state index in [0.29, 0.717) is 23.9 Å². The summed E-state index contributed by atoms with van der Waals surface area (Å²) in [6.07, 6.45) is 3.48. The fraction of sp³-hybridized carbons (Fsp3) is 0.917. The molecule has 2 rings (SSSR count). The van der Waals surface area contributed by atoms with E-state index < -0.39 is 0 Å². The molecule has 2 fully saturated rings. The van der Waals surface area contributed by atoms with E-state index in [1.165, 1.54) is 6.42 Å². The van der Waals surface area contributed by atoms with Crippen LogP contribution in [0.4, 0.5) is 0 Å². The van der Waals surface area contributed by atoms with E-state index in [9.17, 15) is 4.79 Å². The maximum Gasteiger partial charge on any atom is 0.225 e. The number of piperazine rings is 1. The molecule has 2 aliphatic rings. The van der Waals surface area contributed by atoms with E-state index in [4.69, 9.17) is 0 Å². The van der Waals surface area contributed by atoms with Crippen LogP contribution in [0, 0.1) is 5.92 Å². The van der Waals surface area contributed by atoms with Crippen molar-refractivity contribution in [2.24, 2.45) is 5.92 Å². The summed E-state index contributed by atoms with van der Waals surface area (Å²) in [5.41, 5.74) is 0. The van der Waals surface area contributed by atoms with E-state index in [1.54, 1.807) is 0 Å². The Morgan fingerprint density at radius 3 is 2.07 bits per heavy atom. The van der Waals surface area contributed by atoms with Gasteiger partial charge in [0, 0.05) is 31.1 Å². The van der Waals surface area contributed by atoms with Gasteiger partial charge in [0.1, 0.15) is 0 Å². The highest BCUT2D eigenvalue weighted by molar-refractivity contribution is 5.79. The van der Waals surface area contributed by atoms with Crippen LogP contribution < -0.4 is 0 Å².